The van der Waals surface area contributed by atoms with Gasteiger partial charge in [-0.2, -0.15) is 0 Å². The molecule has 0 saturated heterocycles. The summed E-state index contributed by atoms with van der Waals surface area (Å²) in [4.78, 5) is 12.3. The van der Waals surface area contributed by atoms with E-state index >= 15 is 0 Å². The third-order valence-corrected chi connectivity index (χ3v) is 6.07. The van der Waals surface area contributed by atoms with Gasteiger partial charge < -0.3 is 24.6 Å². The number of ether oxygens (including phenoxy) is 3. The Labute approximate surface area is 190 Å². The Bertz CT molecular complexity index is 1120. The van der Waals surface area contributed by atoms with Crippen molar-refractivity contribution in [1.82, 2.24) is 5.32 Å². The monoisotopic (exact) mass is 451 g/mol. The topological polar surface area (TPSA) is 77.0 Å². The van der Waals surface area contributed by atoms with Gasteiger partial charge in [0.05, 0.1) is 17.7 Å². The number of hydrogen-bond donors (Lipinski definition) is 2. The Morgan fingerprint density at radius 2 is 1.72 bits per heavy atom. The molecule has 1 amide bonds. The first-order valence-electron chi connectivity index (χ1n) is 10.5. The van der Waals surface area contributed by atoms with Gasteiger partial charge in [0.1, 0.15) is 19.8 Å². The number of benzene rings is 3. The van der Waals surface area contributed by atoms with E-state index in [0.29, 0.717) is 35.3 Å². The third kappa shape index (κ3) is 3.87. The van der Waals surface area contributed by atoms with Crippen LogP contribution in [0.4, 0.5) is 4.79 Å². The molecule has 164 valence electrons. The SMILES string of the molecule is O=C(NCC(O)c1cc(Cl)c2c(c1)OCCO2)OCC1c2ccccc2-c2ccccc21. The number of amides is 1. The summed E-state index contributed by atoms with van der Waals surface area (Å²) in [5.74, 6) is 0.937. The zero-order valence-corrected chi connectivity index (χ0v) is 18.0. The van der Waals surface area contributed by atoms with E-state index in [0.717, 1.165) is 11.1 Å². The van der Waals surface area contributed by atoms with E-state index in [9.17, 15) is 9.90 Å². The number of hydrogen-bond acceptors (Lipinski definition) is 5. The minimum absolute atomic E-state index is 0.0188. The van der Waals surface area contributed by atoms with Crippen molar-refractivity contribution in [2.24, 2.45) is 0 Å². The van der Waals surface area contributed by atoms with Crippen molar-refractivity contribution in [3.63, 3.8) is 0 Å². The normalized spacial score (nSPS) is 14.9. The molecule has 5 rings (SSSR count). The highest BCUT2D eigenvalue weighted by atomic mass is 35.5. The number of halogens is 1. The number of aliphatic hydroxyl groups is 1. The molecule has 0 bridgehead atoms. The van der Waals surface area contributed by atoms with E-state index < -0.39 is 12.2 Å². The maximum atomic E-state index is 12.3. The Morgan fingerprint density at radius 1 is 1.06 bits per heavy atom. The lowest BCUT2D eigenvalue weighted by Gasteiger charge is -2.21. The molecule has 7 heteroatoms. The van der Waals surface area contributed by atoms with Crippen molar-refractivity contribution in [1.29, 1.82) is 0 Å². The van der Waals surface area contributed by atoms with Crippen LogP contribution in [0.25, 0.3) is 11.1 Å². The molecule has 1 unspecified atom stereocenters. The van der Waals surface area contributed by atoms with Crippen molar-refractivity contribution in [3.8, 4) is 22.6 Å². The molecular formula is C25H22ClNO5. The first-order chi connectivity index (χ1) is 15.6. The number of fused-ring (bicyclic) bond motifs is 4. The smallest absolute Gasteiger partial charge is 0.407 e. The largest absolute Gasteiger partial charge is 0.486 e. The number of carbonyl (C=O) groups excluding carboxylic acids is 1. The maximum absolute atomic E-state index is 12.3. The second-order valence-corrected chi connectivity index (χ2v) is 8.16. The van der Waals surface area contributed by atoms with Crippen LogP contribution in [0, 0.1) is 0 Å². The van der Waals surface area contributed by atoms with Crippen LogP contribution in [0.3, 0.4) is 0 Å². The highest BCUT2D eigenvalue weighted by molar-refractivity contribution is 6.32. The highest BCUT2D eigenvalue weighted by Gasteiger charge is 2.29. The Morgan fingerprint density at radius 3 is 2.44 bits per heavy atom. The predicted octanol–water partition coefficient (Wildman–Crippen LogP) is 4.68. The minimum atomic E-state index is -0.969. The van der Waals surface area contributed by atoms with Crippen LogP contribution in [0.5, 0.6) is 11.5 Å². The average Bonchev–Trinajstić information content (AvgIpc) is 3.15. The molecule has 1 atom stereocenters. The second kappa shape index (κ2) is 8.73. The molecule has 0 spiro atoms. The van der Waals surface area contributed by atoms with Crippen LogP contribution in [0.15, 0.2) is 60.7 Å². The van der Waals surface area contributed by atoms with Crippen LogP contribution in [-0.4, -0.2) is 37.6 Å². The number of aliphatic hydroxyl groups excluding tert-OH is 1. The van der Waals surface area contributed by atoms with Crippen LogP contribution in [0.1, 0.15) is 28.7 Å². The van der Waals surface area contributed by atoms with Crippen molar-refractivity contribution >= 4 is 17.7 Å². The fourth-order valence-corrected chi connectivity index (χ4v) is 4.54. The standard InChI is InChI=1S/C25H22ClNO5/c26-21-11-15(12-23-24(21)31-10-9-30-23)22(28)13-27-25(29)32-14-20-18-7-3-1-5-16(18)17-6-2-4-8-19(17)20/h1-8,11-12,20,22,28H,9-10,13-14H2,(H,27,29). The van der Waals surface area contributed by atoms with E-state index in [-0.39, 0.29) is 19.1 Å². The maximum Gasteiger partial charge on any atom is 0.407 e. The molecule has 32 heavy (non-hydrogen) atoms. The predicted molar refractivity (Wildman–Crippen MR) is 120 cm³/mol. The fourth-order valence-electron chi connectivity index (χ4n) is 4.27. The zero-order chi connectivity index (χ0) is 22.1. The summed E-state index contributed by atoms with van der Waals surface area (Å²) >= 11 is 6.23. The molecule has 3 aromatic carbocycles. The quantitative estimate of drug-likeness (QED) is 0.588. The molecule has 1 aliphatic heterocycles. The summed E-state index contributed by atoms with van der Waals surface area (Å²) in [6.07, 6.45) is -1.56. The molecule has 0 radical (unpaired) electrons. The Kier molecular flexibility index (Phi) is 5.64. The van der Waals surface area contributed by atoms with Gasteiger partial charge in [0.2, 0.25) is 0 Å². The highest BCUT2D eigenvalue weighted by Crippen LogP contribution is 2.44. The number of carbonyl (C=O) groups is 1. The van der Waals surface area contributed by atoms with Gasteiger partial charge in [-0.1, -0.05) is 60.1 Å². The van der Waals surface area contributed by atoms with Gasteiger partial charge in [0.15, 0.2) is 11.5 Å². The number of rotatable bonds is 5. The van der Waals surface area contributed by atoms with Crippen molar-refractivity contribution in [2.45, 2.75) is 12.0 Å². The number of nitrogens with one attached hydrogen (secondary N) is 1. The van der Waals surface area contributed by atoms with Gasteiger partial charge >= 0.3 is 6.09 Å². The second-order valence-electron chi connectivity index (χ2n) is 7.75. The van der Waals surface area contributed by atoms with E-state index in [1.165, 1.54) is 11.1 Å². The fraction of sp³-hybridized carbons (Fsp3) is 0.240. The lowest BCUT2D eigenvalue weighted by Crippen LogP contribution is -2.30. The third-order valence-electron chi connectivity index (χ3n) is 5.79. The van der Waals surface area contributed by atoms with Crippen LogP contribution in [0.2, 0.25) is 5.02 Å². The van der Waals surface area contributed by atoms with E-state index in [4.69, 9.17) is 25.8 Å². The molecule has 1 aliphatic carbocycles. The Balaban J connectivity index is 1.21. The lowest BCUT2D eigenvalue weighted by atomic mass is 9.98. The van der Waals surface area contributed by atoms with Gasteiger partial charge in [-0.25, -0.2) is 4.79 Å². The van der Waals surface area contributed by atoms with Crippen LogP contribution < -0.4 is 14.8 Å². The summed E-state index contributed by atoms with van der Waals surface area (Å²) in [6.45, 7) is 1.04. The van der Waals surface area contributed by atoms with Gasteiger partial charge in [0, 0.05) is 5.92 Å². The first kappa shape index (κ1) is 20.7. The summed E-state index contributed by atoms with van der Waals surface area (Å²) in [5, 5.41) is 13.5. The molecular weight excluding hydrogens is 430 g/mol. The van der Waals surface area contributed by atoms with E-state index in [1.54, 1.807) is 12.1 Å². The summed E-state index contributed by atoms with van der Waals surface area (Å²) in [7, 11) is 0. The van der Waals surface area contributed by atoms with Crippen LogP contribution >= 0.6 is 11.6 Å². The van der Waals surface area contributed by atoms with E-state index in [1.807, 2.05) is 24.3 Å². The van der Waals surface area contributed by atoms with Gasteiger partial charge in [-0.15, -0.1) is 0 Å². The molecule has 0 fully saturated rings. The molecule has 1 heterocycles. The van der Waals surface area contributed by atoms with E-state index in [2.05, 4.69) is 29.6 Å². The summed E-state index contributed by atoms with van der Waals surface area (Å²) in [5.41, 5.74) is 5.16. The summed E-state index contributed by atoms with van der Waals surface area (Å²) < 4.78 is 16.5. The first-order valence-corrected chi connectivity index (χ1v) is 10.9. The molecule has 3 aromatic rings. The minimum Gasteiger partial charge on any atom is -0.486 e. The van der Waals surface area contributed by atoms with Crippen LogP contribution in [-0.2, 0) is 4.74 Å². The average molecular weight is 452 g/mol. The zero-order valence-electron chi connectivity index (χ0n) is 17.2. The van der Waals surface area contributed by atoms with Crippen molar-refractivity contribution in [3.05, 3.63) is 82.4 Å². The van der Waals surface area contributed by atoms with Gasteiger partial charge in [0.25, 0.3) is 0 Å². The summed E-state index contributed by atoms with van der Waals surface area (Å²) in [6, 6.07) is 19.6. The van der Waals surface area contributed by atoms with Crippen molar-refractivity contribution in [2.75, 3.05) is 26.4 Å². The van der Waals surface area contributed by atoms with Crippen molar-refractivity contribution < 1.29 is 24.1 Å². The molecule has 2 aliphatic rings. The van der Waals surface area contributed by atoms with Gasteiger partial charge in [-0.05, 0) is 39.9 Å². The molecule has 6 nitrogen and oxygen atoms in total. The Hall–Kier alpha value is -3.22. The lowest BCUT2D eigenvalue weighted by molar-refractivity contribution is 0.128. The van der Waals surface area contributed by atoms with Gasteiger partial charge in [-0.3, -0.25) is 0 Å². The molecule has 2 N–H and O–H groups in total. The molecule has 0 aromatic heterocycles. The number of alkyl carbamates (subject to hydrolysis) is 1. The molecule has 0 saturated carbocycles.